The fourth-order valence-electron chi connectivity index (χ4n) is 2.51. The van der Waals surface area contributed by atoms with E-state index >= 15 is 0 Å². The van der Waals surface area contributed by atoms with Crippen molar-refractivity contribution in [1.29, 1.82) is 0 Å². The summed E-state index contributed by atoms with van der Waals surface area (Å²) < 4.78 is 5.34. The molecule has 0 saturated carbocycles. The van der Waals surface area contributed by atoms with Gasteiger partial charge in [-0.25, -0.2) is 4.79 Å². The summed E-state index contributed by atoms with van der Waals surface area (Å²) >= 11 is 0. The summed E-state index contributed by atoms with van der Waals surface area (Å²) in [4.78, 5) is 24.3. The van der Waals surface area contributed by atoms with Gasteiger partial charge in [0.25, 0.3) is 0 Å². The molecule has 1 aliphatic heterocycles. The van der Waals surface area contributed by atoms with Crippen LogP contribution in [0.15, 0.2) is 11.6 Å². The molecule has 0 aromatic carbocycles. The molecule has 2 unspecified atom stereocenters. The average Bonchev–Trinajstić information content (AvgIpc) is 2.70. The Hall–Kier alpha value is -1.32. The zero-order chi connectivity index (χ0) is 12.6. The lowest BCUT2D eigenvalue weighted by atomic mass is 10.00. The molecule has 17 heavy (non-hydrogen) atoms. The number of rotatable bonds is 1. The summed E-state index contributed by atoms with van der Waals surface area (Å²) in [6, 6.07) is 0. The first-order chi connectivity index (χ1) is 7.89. The summed E-state index contributed by atoms with van der Waals surface area (Å²) in [7, 11) is 0. The molecule has 4 nitrogen and oxygen atoms in total. The lowest BCUT2D eigenvalue weighted by Gasteiger charge is -2.24. The first kappa shape index (κ1) is 12.1. The molecular weight excluding hydrogens is 218 g/mol. The third kappa shape index (κ3) is 2.68. The lowest BCUT2D eigenvalue weighted by molar-refractivity contribution is -0.105. The SMILES string of the molecule is CC(C)(C)OC(=O)N1CC2C=C(C=O)CC2C1. The molecule has 1 aliphatic carbocycles. The van der Waals surface area contributed by atoms with Gasteiger partial charge in [-0.05, 0) is 38.7 Å². The number of nitrogens with zero attached hydrogens (tertiary/aromatic N) is 1. The van der Waals surface area contributed by atoms with Crippen LogP contribution in [-0.2, 0) is 9.53 Å². The van der Waals surface area contributed by atoms with E-state index in [1.807, 2.05) is 26.8 Å². The van der Waals surface area contributed by atoms with Crippen LogP contribution in [0.1, 0.15) is 27.2 Å². The Morgan fingerprint density at radius 1 is 1.47 bits per heavy atom. The van der Waals surface area contributed by atoms with Gasteiger partial charge in [-0.3, -0.25) is 4.79 Å². The van der Waals surface area contributed by atoms with Gasteiger partial charge in [0.1, 0.15) is 11.9 Å². The van der Waals surface area contributed by atoms with E-state index in [1.165, 1.54) is 0 Å². The fraction of sp³-hybridized carbons (Fsp3) is 0.692. The minimum absolute atomic E-state index is 0.243. The van der Waals surface area contributed by atoms with Crippen LogP contribution in [0.4, 0.5) is 4.79 Å². The first-order valence-corrected chi connectivity index (χ1v) is 6.03. The molecule has 94 valence electrons. The van der Waals surface area contributed by atoms with Gasteiger partial charge in [0, 0.05) is 19.0 Å². The molecule has 2 atom stereocenters. The molecule has 2 rings (SSSR count). The zero-order valence-corrected chi connectivity index (χ0v) is 10.6. The summed E-state index contributed by atoms with van der Waals surface area (Å²) in [6.07, 6.45) is 3.49. The fourth-order valence-corrected chi connectivity index (χ4v) is 2.51. The highest BCUT2D eigenvalue weighted by Gasteiger charge is 2.39. The Morgan fingerprint density at radius 3 is 2.71 bits per heavy atom. The standard InChI is InChI=1S/C13H19NO3/c1-13(2,3)17-12(16)14-6-10-4-9(8-15)5-11(10)7-14/h4,8,10-11H,5-7H2,1-3H3. The molecule has 0 spiro atoms. The predicted molar refractivity (Wildman–Crippen MR) is 63.6 cm³/mol. The Labute approximate surface area is 102 Å². The number of likely N-dealkylation sites (tertiary alicyclic amines) is 1. The van der Waals surface area contributed by atoms with Crippen molar-refractivity contribution in [1.82, 2.24) is 4.90 Å². The van der Waals surface area contributed by atoms with Gasteiger partial charge in [0.05, 0.1) is 0 Å². The van der Waals surface area contributed by atoms with Gasteiger partial charge in [-0.15, -0.1) is 0 Å². The van der Waals surface area contributed by atoms with Crippen LogP contribution in [0, 0.1) is 11.8 Å². The van der Waals surface area contributed by atoms with Crippen LogP contribution >= 0.6 is 0 Å². The lowest BCUT2D eigenvalue weighted by Crippen LogP contribution is -2.35. The molecule has 1 amide bonds. The van der Waals surface area contributed by atoms with E-state index in [2.05, 4.69) is 0 Å². The highest BCUT2D eigenvalue weighted by atomic mass is 16.6. The van der Waals surface area contributed by atoms with Crippen LogP contribution < -0.4 is 0 Å². The van der Waals surface area contributed by atoms with Crippen LogP contribution in [-0.4, -0.2) is 36.0 Å². The van der Waals surface area contributed by atoms with E-state index in [0.29, 0.717) is 24.9 Å². The van der Waals surface area contributed by atoms with Gasteiger partial charge in [0.15, 0.2) is 0 Å². The largest absolute Gasteiger partial charge is 0.444 e. The van der Waals surface area contributed by atoms with E-state index < -0.39 is 5.60 Å². The van der Waals surface area contributed by atoms with Gasteiger partial charge >= 0.3 is 6.09 Å². The van der Waals surface area contributed by atoms with Crippen molar-refractivity contribution in [2.45, 2.75) is 32.8 Å². The van der Waals surface area contributed by atoms with Gasteiger partial charge in [-0.2, -0.15) is 0 Å². The van der Waals surface area contributed by atoms with Crippen molar-refractivity contribution in [3.05, 3.63) is 11.6 Å². The Balaban J connectivity index is 1.94. The normalized spacial score (nSPS) is 27.7. The first-order valence-electron chi connectivity index (χ1n) is 6.03. The highest BCUT2D eigenvalue weighted by molar-refractivity contribution is 5.75. The monoisotopic (exact) mass is 237 g/mol. The number of aldehydes is 1. The second-order valence-electron chi connectivity index (χ2n) is 5.87. The summed E-state index contributed by atoms with van der Waals surface area (Å²) in [5, 5.41) is 0. The van der Waals surface area contributed by atoms with Gasteiger partial charge in [-0.1, -0.05) is 6.08 Å². The van der Waals surface area contributed by atoms with Crippen molar-refractivity contribution in [3.63, 3.8) is 0 Å². The average molecular weight is 237 g/mol. The Bertz CT molecular complexity index is 367. The van der Waals surface area contributed by atoms with Crippen LogP contribution in [0.5, 0.6) is 0 Å². The third-order valence-corrected chi connectivity index (χ3v) is 3.22. The quantitative estimate of drug-likeness (QED) is 0.655. The van der Waals surface area contributed by atoms with Gasteiger partial charge in [0.2, 0.25) is 0 Å². The molecule has 1 heterocycles. The molecule has 0 radical (unpaired) electrons. The van der Waals surface area contributed by atoms with Crippen LogP contribution in [0.25, 0.3) is 0 Å². The predicted octanol–water partition coefficient (Wildman–Crippen LogP) is 2.00. The van der Waals surface area contributed by atoms with Crippen molar-refractivity contribution < 1.29 is 14.3 Å². The van der Waals surface area contributed by atoms with E-state index in [-0.39, 0.29) is 6.09 Å². The second-order valence-corrected chi connectivity index (χ2v) is 5.87. The smallest absolute Gasteiger partial charge is 0.410 e. The van der Waals surface area contributed by atoms with E-state index in [4.69, 9.17) is 4.74 Å². The summed E-state index contributed by atoms with van der Waals surface area (Å²) in [6.45, 7) is 6.98. The number of fused-ring (bicyclic) bond motifs is 1. The highest BCUT2D eigenvalue weighted by Crippen LogP contribution is 2.36. The molecule has 0 N–H and O–H groups in total. The Kier molecular flexibility index (Phi) is 2.98. The number of amides is 1. The Morgan fingerprint density at radius 2 is 2.18 bits per heavy atom. The van der Waals surface area contributed by atoms with E-state index in [9.17, 15) is 9.59 Å². The molecule has 1 saturated heterocycles. The van der Waals surface area contributed by atoms with Crippen molar-refractivity contribution >= 4 is 12.4 Å². The van der Waals surface area contributed by atoms with Gasteiger partial charge < -0.3 is 9.64 Å². The number of carbonyl (C=O) groups excluding carboxylic acids is 2. The zero-order valence-electron chi connectivity index (χ0n) is 10.6. The molecule has 1 fully saturated rings. The minimum Gasteiger partial charge on any atom is -0.444 e. The summed E-state index contributed by atoms with van der Waals surface area (Å²) in [5.74, 6) is 0.741. The summed E-state index contributed by atoms with van der Waals surface area (Å²) in [5.41, 5.74) is 0.433. The maximum atomic E-state index is 11.9. The number of carbonyl (C=O) groups is 2. The topological polar surface area (TPSA) is 46.6 Å². The molecular formula is C13H19NO3. The second kappa shape index (κ2) is 4.17. The van der Waals surface area contributed by atoms with E-state index in [1.54, 1.807) is 4.90 Å². The molecule has 0 bridgehead atoms. The molecule has 2 aliphatic rings. The number of allylic oxidation sites excluding steroid dienone is 1. The van der Waals surface area contributed by atoms with Crippen LogP contribution in [0.3, 0.4) is 0 Å². The maximum absolute atomic E-state index is 11.9. The molecule has 0 aromatic rings. The van der Waals surface area contributed by atoms with Crippen molar-refractivity contribution in [2.24, 2.45) is 11.8 Å². The van der Waals surface area contributed by atoms with E-state index in [0.717, 1.165) is 18.3 Å². The van der Waals surface area contributed by atoms with Crippen molar-refractivity contribution in [3.8, 4) is 0 Å². The third-order valence-electron chi connectivity index (χ3n) is 3.22. The van der Waals surface area contributed by atoms with Crippen LogP contribution in [0.2, 0.25) is 0 Å². The minimum atomic E-state index is -0.446. The maximum Gasteiger partial charge on any atom is 0.410 e. The molecule has 4 heteroatoms. The van der Waals surface area contributed by atoms with Crippen molar-refractivity contribution in [2.75, 3.05) is 13.1 Å². The number of ether oxygens (including phenoxy) is 1. The number of hydrogen-bond acceptors (Lipinski definition) is 3. The number of hydrogen-bond donors (Lipinski definition) is 0. The molecule has 0 aromatic heterocycles.